The lowest BCUT2D eigenvalue weighted by atomic mass is 10.0. The van der Waals surface area contributed by atoms with E-state index < -0.39 is 73.7 Å². The van der Waals surface area contributed by atoms with Crippen molar-refractivity contribution in [2.45, 2.75) is 0 Å². The monoisotopic (exact) mass is 388 g/mol. The minimum Gasteiger partial charge on any atom is -0.504 e. The summed E-state index contributed by atoms with van der Waals surface area (Å²) in [6.07, 6.45) is 0. The smallest absolute Gasteiger partial charge is 0.423 e. The van der Waals surface area contributed by atoms with Gasteiger partial charge in [-0.2, -0.15) is 0 Å². The predicted octanol–water partition coefficient (Wildman–Crippen LogP) is 0.999. The Hall–Kier alpha value is -4.41. The van der Waals surface area contributed by atoms with E-state index in [0.29, 0.717) is 0 Å². The number of phenols is 3. The largest absolute Gasteiger partial charge is 0.504 e. The molecule has 0 unspecified atom stereocenters. The van der Waals surface area contributed by atoms with Gasteiger partial charge in [-0.15, -0.1) is 0 Å². The lowest BCUT2D eigenvalue weighted by molar-refractivity contribution is 0.379. The Kier molecular flexibility index (Phi) is 3.37. The second-order valence-corrected chi connectivity index (χ2v) is 5.65. The number of hydrogen-bond acceptors (Lipinski definition) is 11. The Labute approximate surface area is 151 Å². The Morgan fingerprint density at radius 2 is 1.29 bits per heavy atom. The van der Waals surface area contributed by atoms with Gasteiger partial charge in [-0.05, 0) is 18.2 Å². The van der Waals surface area contributed by atoms with Crippen molar-refractivity contribution in [2.75, 3.05) is 0 Å². The third kappa shape index (κ3) is 2.19. The molecule has 5 N–H and O–H groups in total. The molecule has 0 radical (unpaired) electrons. The molecule has 2 bridgehead atoms. The van der Waals surface area contributed by atoms with Crippen molar-refractivity contribution in [3.05, 3.63) is 49.3 Å². The molecule has 1 aromatic heterocycles. The maximum Gasteiger partial charge on any atom is 0.423 e. The van der Waals surface area contributed by atoms with Gasteiger partial charge in [0.25, 0.3) is 5.43 Å². The third-order valence-electron chi connectivity index (χ3n) is 3.97. The maximum absolute atomic E-state index is 12.3. The molecule has 2 heterocycles. The van der Waals surface area contributed by atoms with Gasteiger partial charge in [-0.25, -0.2) is 9.59 Å². The highest BCUT2D eigenvalue weighted by molar-refractivity contribution is 5.93. The lowest BCUT2D eigenvalue weighted by Crippen LogP contribution is -2.18. The average Bonchev–Trinajstić information content (AvgIpc) is 2.74. The Balaban J connectivity index is 2.25. The Morgan fingerprint density at radius 3 is 1.93 bits per heavy atom. The van der Waals surface area contributed by atoms with Crippen molar-refractivity contribution in [2.24, 2.45) is 0 Å². The zero-order chi connectivity index (χ0) is 20.3. The minimum atomic E-state index is -1.59. The van der Waals surface area contributed by atoms with Crippen LogP contribution in [0.2, 0.25) is 0 Å². The van der Waals surface area contributed by atoms with Gasteiger partial charge < -0.3 is 38.8 Å². The fraction of sp³-hybridized carbons (Fsp3) is 0. The molecule has 1 aliphatic heterocycles. The SMILES string of the molecule is O=c1oc2c3oc(-c4ccc(O)c(O)c4)c(O)c(O)c-3c(O)c(oc1=O)c2=O. The van der Waals surface area contributed by atoms with E-state index in [1.54, 1.807) is 0 Å². The first-order valence-corrected chi connectivity index (χ1v) is 7.44. The van der Waals surface area contributed by atoms with Gasteiger partial charge in [0.05, 0.1) is 0 Å². The summed E-state index contributed by atoms with van der Waals surface area (Å²) in [5, 5.41) is 49.8. The highest BCUT2D eigenvalue weighted by atomic mass is 16.5. The number of aromatic hydroxyl groups is 5. The van der Waals surface area contributed by atoms with Gasteiger partial charge in [-0.3, -0.25) is 4.79 Å². The second kappa shape index (κ2) is 5.54. The predicted molar refractivity (Wildman–Crippen MR) is 89.9 cm³/mol. The molecule has 0 spiro atoms. The number of benzene rings is 2. The lowest BCUT2D eigenvalue weighted by Gasteiger charge is -2.14. The van der Waals surface area contributed by atoms with Crippen LogP contribution < -0.4 is 16.7 Å². The minimum absolute atomic E-state index is 0.0551. The molecule has 4 rings (SSSR count). The summed E-state index contributed by atoms with van der Waals surface area (Å²) in [6.45, 7) is 0. The average molecular weight is 388 g/mol. The maximum atomic E-state index is 12.3. The van der Waals surface area contributed by atoms with Crippen LogP contribution in [0, 0.1) is 0 Å². The summed E-state index contributed by atoms with van der Waals surface area (Å²) in [5.41, 5.74) is -6.94. The molecule has 0 saturated carbocycles. The second-order valence-electron chi connectivity index (χ2n) is 5.65. The molecule has 0 saturated heterocycles. The molecule has 142 valence electrons. The van der Waals surface area contributed by atoms with Crippen LogP contribution in [0.15, 0.2) is 45.8 Å². The van der Waals surface area contributed by atoms with Crippen molar-refractivity contribution in [3.8, 4) is 51.4 Å². The molecule has 11 nitrogen and oxygen atoms in total. The summed E-state index contributed by atoms with van der Waals surface area (Å²) in [5.74, 6) is -5.21. The molecule has 1 aromatic carbocycles. The summed E-state index contributed by atoms with van der Waals surface area (Å²) in [4.78, 5) is 35.5. The first-order chi connectivity index (χ1) is 13.2. The third-order valence-corrected chi connectivity index (χ3v) is 3.97. The van der Waals surface area contributed by atoms with E-state index >= 15 is 0 Å². The van der Waals surface area contributed by atoms with Crippen LogP contribution in [0.3, 0.4) is 0 Å². The first kappa shape index (κ1) is 17.0. The molecule has 2 aromatic rings. The zero-order valence-corrected chi connectivity index (χ0v) is 13.4. The number of rotatable bonds is 1. The van der Waals surface area contributed by atoms with E-state index in [4.69, 9.17) is 4.42 Å². The van der Waals surface area contributed by atoms with Gasteiger partial charge in [0.15, 0.2) is 34.5 Å². The molecule has 0 atom stereocenters. The fourth-order valence-corrected chi connectivity index (χ4v) is 2.66. The fourth-order valence-electron chi connectivity index (χ4n) is 2.66. The molecular formula is C17H8O11. The van der Waals surface area contributed by atoms with Gasteiger partial charge >= 0.3 is 11.3 Å². The van der Waals surface area contributed by atoms with Crippen molar-refractivity contribution in [1.82, 2.24) is 0 Å². The number of fused-ring (bicyclic) bond motifs is 4. The summed E-state index contributed by atoms with van der Waals surface area (Å²) in [7, 11) is 0. The number of hydrogen-bond donors (Lipinski definition) is 5. The summed E-state index contributed by atoms with van der Waals surface area (Å²) in [6, 6.07) is 3.23. The van der Waals surface area contributed by atoms with Crippen molar-refractivity contribution < 1.29 is 38.8 Å². The van der Waals surface area contributed by atoms with Crippen LogP contribution in [-0.4, -0.2) is 25.5 Å². The molecule has 11 heteroatoms. The van der Waals surface area contributed by atoms with E-state index in [1.165, 1.54) is 6.07 Å². The van der Waals surface area contributed by atoms with Crippen molar-refractivity contribution in [1.29, 1.82) is 0 Å². The topological polar surface area (TPSA) is 192 Å². The van der Waals surface area contributed by atoms with Gasteiger partial charge in [0, 0.05) is 5.56 Å². The van der Waals surface area contributed by atoms with Crippen LogP contribution in [0.4, 0.5) is 0 Å². The van der Waals surface area contributed by atoms with E-state index in [1.807, 2.05) is 0 Å². The van der Waals surface area contributed by atoms with E-state index in [2.05, 4.69) is 8.83 Å². The van der Waals surface area contributed by atoms with Crippen molar-refractivity contribution >= 4 is 11.2 Å². The van der Waals surface area contributed by atoms with Gasteiger partial charge in [0.1, 0.15) is 5.56 Å². The van der Waals surface area contributed by atoms with Gasteiger partial charge in [0.2, 0.25) is 16.9 Å². The summed E-state index contributed by atoms with van der Waals surface area (Å²) < 4.78 is 14.5. The molecule has 2 aliphatic rings. The molecular weight excluding hydrogens is 380 g/mol. The normalized spacial score (nSPS) is 11.3. The van der Waals surface area contributed by atoms with Crippen molar-refractivity contribution in [3.63, 3.8) is 0 Å². The first-order valence-electron chi connectivity index (χ1n) is 7.44. The van der Waals surface area contributed by atoms with Gasteiger partial charge in [-0.1, -0.05) is 0 Å². The molecule has 28 heavy (non-hydrogen) atoms. The van der Waals surface area contributed by atoms with Crippen LogP contribution in [-0.2, 0) is 0 Å². The summed E-state index contributed by atoms with van der Waals surface area (Å²) >= 11 is 0. The van der Waals surface area contributed by atoms with Crippen LogP contribution in [0.1, 0.15) is 0 Å². The van der Waals surface area contributed by atoms with Crippen LogP contribution >= 0.6 is 0 Å². The number of phenolic OH excluding ortho intramolecular Hbond substituents is 3. The molecule has 0 amide bonds. The van der Waals surface area contributed by atoms with Crippen LogP contribution in [0.25, 0.3) is 33.8 Å². The van der Waals surface area contributed by atoms with Crippen LogP contribution in [0.5, 0.6) is 28.7 Å². The Morgan fingerprint density at radius 1 is 0.643 bits per heavy atom. The quantitative estimate of drug-likeness (QED) is 0.231. The van der Waals surface area contributed by atoms with E-state index in [0.717, 1.165) is 12.1 Å². The molecule has 1 aliphatic carbocycles. The molecule has 0 fully saturated rings. The zero-order valence-electron chi connectivity index (χ0n) is 13.4. The highest BCUT2D eigenvalue weighted by Gasteiger charge is 2.31. The highest BCUT2D eigenvalue weighted by Crippen LogP contribution is 2.51. The standard InChI is InChI=1S/C17H8O11/c18-5-2-1-4(3-6(5)19)12-10(22)8(20)7-9(21)14-11(23)15(13(7)26-12)28-17(25)16(24)27-14/h1-3,18-22H. The van der Waals surface area contributed by atoms with E-state index in [9.17, 15) is 39.9 Å². The van der Waals surface area contributed by atoms with E-state index in [-0.39, 0.29) is 5.56 Å². The Bertz CT molecular complexity index is 1420.